The Labute approximate surface area is 56.3 Å². The highest BCUT2D eigenvalue weighted by molar-refractivity contribution is 6.40. The second-order valence-corrected chi connectivity index (χ2v) is 3.14. The Bertz CT molecular complexity index is 120. The minimum absolute atomic E-state index is 0.484. The molecule has 2 nitrogen and oxygen atoms in total. The third kappa shape index (κ3) is 0.794. The van der Waals surface area contributed by atoms with Gasteiger partial charge in [-0.05, 0) is 0 Å². The molecule has 2 atom stereocenters. The van der Waals surface area contributed by atoms with E-state index in [0.29, 0.717) is 7.05 Å². The van der Waals surface area contributed by atoms with E-state index in [1.807, 2.05) is 0 Å². The molecule has 1 N–H and O–H groups in total. The van der Waals surface area contributed by atoms with E-state index in [1.165, 1.54) is 19.4 Å². The van der Waals surface area contributed by atoms with Crippen LogP contribution in [0.25, 0.3) is 0 Å². The van der Waals surface area contributed by atoms with Gasteiger partial charge in [-0.1, -0.05) is 0 Å². The summed E-state index contributed by atoms with van der Waals surface area (Å²) in [5, 5.41) is 0. The fourth-order valence-corrected chi connectivity index (χ4v) is 2.04. The molecule has 3 heteroatoms. The second kappa shape index (κ2) is 1.99. The van der Waals surface area contributed by atoms with Crippen LogP contribution in [0.4, 0.5) is 0 Å². The average molecular weight is 126 g/mol. The molecule has 2 rings (SSSR count). The molecule has 2 saturated heterocycles. The molecule has 0 aromatic heterocycles. The highest BCUT2D eigenvalue weighted by Crippen LogP contribution is 2.06. The van der Waals surface area contributed by atoms with Gasteiger partial charge in [0.1, 0.15) is 0 Å². The quantitative estimate of drug-likeness (QED) is 0.419. The van der Waals surface area contributed by atoms with Gasteiger partial charge in [-0.2, -0.15) is 0 Å². The van der Waals surface area contributed by atoms with Crippen LogP contribution in [0.1, 0.15) is 12.8 Å². The molecule has 0 aromatic rings. The van der Waals surface area contributed by atoms with Crippen molar-refractivity contribution < 1.29 is 9.47 Å². The number of nitrogens with one attached hydrogen (secondary N) is 1. The summed E-state index contributed by atoms with van der Waals surface area (Å²) in [6.45, 7) is 4.53. The van der Waals surface area contributed by atoms with Crippen molar-refractivity contribution in [1.82, 2.24) is 0 Å². The number of hydrogen-bond acceptors (Lipinski definition) is 1. The molecule has 0 aromatic carbocycles. The standard InChI is InChI=1S/C6H12BNO/c1-7-8-4-2-3-6(8)5-9-7/h6H,2-5H2,1H3/p+1. The topological polar surface area (TPSA) is 13.7 Å². The first-order chi connectivity index (χ1) is 4.38. The summed E-state index contributed by atoms with van der Waals surface area (Å²) in [7, 11) is 0.484. The Kier molecular flexibility index (Phi) is 1.27. The summed E-state index contributed by atoms with van der Waals surface area (Å²) in [5.74, 6) is 0. The van der Waals surface area contributed by atoms with Crippen molar-refractivity contribution in [3.8, 4) is 0 Å². The van der Waals surface area contributed by atoms with Crippen molar-refractivity contribution in [3.05, 3.63) is 0 Å². The van der Waals surface area contributed by atoms with E-state index in [9.17, 15) is 0 Å². The van der Waals surface area contributed by atoms with E-state index < -0.39 is 0 Å². The lowest BCUT2D eigenvalue weighted by Crippen LogP contribution is -3.16. The fourth-order valence-electron chi connectivity index (χ4n) is 2.04. The van der Waals surface area contributed by atoms with Crippen LogP contribution >= 0.6 is 0 Å². The SMILES string of the molecule is CB1OCC2CCC[NH+]12. The Hall–Kier alpha value is -0.0151. The van der Waals surface area contributed by atoms with Crippen molar-refractivity contribution in [3.63, 3.8) is 0 Å². The van der Waals surface area contributed by atoms with Gasteiger partial charge in [0.05, 0.1) is 19.2 Å². The molecule has 2 heterocycles. The van der Waals surface area contributed by atoms with E-state index >= 15 is 0 Å². The lowest BCUT2D eigenvalue weighted by molar-refractivity contribution is -0.796. The van der Waals surface area contributed by atoms with E-state index in [0.717, 1.165) is 12.6 Å². The van der Waals surface area contributed by atoms with Crippen molar-refractivity contribution in [2.75, 3.05) is 13.2 Å². The van der Waals surface area contributed by atoms with Gasteiger partial charge in [-0.3, -0.25) is 0 Å². The minimum atomic E-state index is 0.484. The van der Waals surface area contributed by atoms with Gasteiger partial charge in [-0.15, -0.1) is 0 Å². The van der Waals surface area contributed by atoms with Crippen molar-refractivity contribution in [2.45, 2.75) is 25.7 Å². The molecule has 2 aliphatic rings. The summed E-state index contributed by atoms with van der Waals surface area (Å²) in [4.78, 5) is 1.69. The molecule has 0 radical (unpaired) electrons. The first kappa shape index (κ1) is 5.75. The molecule has 0 saturated carbocycles. The van der Waals surface area contributed by atoms with E-state index in [2.05, 4.69) is 6.82 Å². The summed E-state index contributed by atoms with van der Waals surface area (Å²) >= 11 is 0. The van der Waals surface area contributed by atoms with Gasteiger partial charge in [-0.25, -0.2) is 0 Å². The summed E-state index contributed by atoms with van der Waals surface area (Å²) in [5.41, 5.74) is 0. The minimum Gasteiger partial charge on any atom is -0.376 e. The second-order valence-electron chi connectivity index (χ2n) is 3.14. The Morgan fingerprint density at radius 3 is 3.33 bits per heavy atom. The predicted octanol–water partition coefficient (Wildman–Crippen LogP) is -0.818. The largest absolute Gasteiger partial charge is 0.569 e. The summed E-state index contributed by atoms with van der Waals surface area (Å²) < 4.78 is 5.48. The lowest BCUT2D eigenvalue weighted by atomic mass is 9.86. The van der Waals surface area contributed by atoms with Crippen LogP contribution in [0, 0.1) is 0 Å². The normalized spacial score (nSPS) is 41.7. The van der Waals surface area contributed by atoms with Crippen molar-refractivity contribution in [1.29, 1.82) is 0 Å². The van der Waals surface area contributed by atoms with Gasteiger partial charge >= 0.3 is 7.05 Å². The molecule has 0 amide bonds. The Balaban J connectivity index is 2.07. The van der Waals surface area contributed by atoms with Crippen molar-refractivity contribution >= 4 is 7.05 Å². The molecule has 9 heavy (non-hydrogen) atoms. The number of quaternary nitrogens is 1. The third-order valence-corrected chi connectivity index (χ3v) is 2.61. The molecule has 2 aliphatic heterocycles. The van der Waals surface area contributed by atoms with Crippen LogP contribution in [0.2, 0.25) is 6.82 Å². The smallest absolute Gasteiger partial charge is 0.376 e. The first-order valence-corrected chi connectivity index (χ1v) is 3.85. The van der Waals surface area contributed by atoms with Crippen LogP contribution in [0.15, 0.2) is 0 Å². The predicted molar refractivity (Wildman–Crippen MR) is 36.4 cm³/mol. The molecule has 2 fully saturated rings. The number of fused-ring (bicyclic) bond motifs is 1. The summed E-state index contributed by atoms with van der Waals surface area (Å²) in [6.07, 6.45) is 2.80. The van der Waals surface area contributed by atoms with E-state index in [4.69, 9.17) is 4.65 Å². The van der Waals surface area contributed by atoms with Gasteiger partial charge in [0, 0.05) is 19.7 Å². The molecular formula is C6H13BNO+. The van der Waals surface area contributed by atoms with Crippen LogP contribution in [0.5, 0.6) is 0 Å². The van der Waals surface area contributed by atoms with E-state index in [-0.39, 0.29) is 0 Å². The van der Waals surface area contributed by atoms with Crippen LogP contribution < -0.4 is 4.81 Å². The number of hydrogen-bond donors (Lipinski definition) is 1. The Morgan fingerprint density at radius 1 is 1.67 bits per heavy atom. The maximum absolute atomic E-state index is 5.48. The summed E-state index contributed by atoms with van der Waals surface area (Å²) in [6, 6.07) is 0.847. The highest BCUT2D eigenvalue weighted by Gasteiger charge is 2.43. The van der Waals surface area contributed by atoms with Gasteiger partial charge < -0.3 is 9.47 Å². The van der Waals surface area contributed by atoms with Crippen LogP contribution in [-0.4, -0.2) is 26.2 Å². The molecular weight excluding hydrogens is 113 g/mol. The zero-order valence-electron chi connectivity index (χ0n) is 5.89. The molecule has 0 bridgehead atoms. The van der Waals surface area contributed by atoms with Gasteiger partial charge in [0.15, 0.2) is 0 Å². The average Bonchev–Trinajstić information content (AvgIpc) is 2.35. The highest BCUT2D eigenvalue weighted by atomic mass is 16.5. The lowest BCUT2D eigenvalue weighted by Gasteiger charge is -2.10. The van der Waals surface area contributed by atoms with E-state index in [1.54, 1.807) is 4.81 Å². The number of rotatable bonds is 0. The van der Waals surface area contributed by atoms with Crippen molar-refractivity contribution in [2.24, 2.45) is 0 Å². The zero-order chi connectivity index (χ0) is 6.27. The fraction of sp³-hybridized carbons (Fsp3) is 1.00. The molecule has 50 valence electrons. The monoisotopic (exact) mass is 126 g/mol. The zero-order valence-corrected chi connectivity index (χ0v) is 5.89. The maximum Gasteiger partial charge on any atom is 0.569 e. The third-order valence-electron chi connectivity index (χ3n) is 2.61. The maximum atomic E-state index is 5.48. The first-order valence-electron chi connectivity index (χ1n) is 3.85. The van der Waals surface area contributed by atoms with Gasteiger partial charge in [0.25, 0.3) is 0 Å². The van der Waals surface area contributed by atoms with Crippen LogP contribution in [-0.2, 0) is 4.65 Å². The van der Waals surface area contributed by atoms with Crippen LogP contribution in [0.3, 0.4) is 0 Å². The molecule has 2 unspecified atom stereocenters. The Morgan fingerprint density at radius 2 is 2.56 bits per heavy atom. The molecule has 0 spiro atoms. The molecule has 0 aliphatic carbocycles. The van der Waals surface area contributed by atoms with Gasteiger partial charge in [0.2, 0.25) is 0 Å².